The number of hydrogen-bond donors (Lipinski definition) is 3. The highest BCUT2D eigenvalue weighted by atomic mass is 16.3. The van der Waals surface area contributed by atoms with E-state index in [0.717, 1.165) is 5.56 Å². The van der Waals surface area contributed by atoms with Crippen LogP contribution in [0.3, 0.4) is 0 Å². The predicted molar refractivity (Wildman–Crippen MR) is 51.8 cm³/mol. The van der Waals surface area contributed by atoms with Gasteiger partial charge in [0.2, 0.25) is 0 Å². The quantitative estimate of drug-likeness (QED) is 0.608. The summed E-state index contributed by atoms with van der Waals surface area (Å²) in [4.78, 5) is 0. The zero-order valence-corrected chi connectivity index (χ0v) is 7.91. The second-order valence-electron chi connectivity index (χ2n) is 3.15. The fourth-order valence-electron chi connectivity index (χ4n) is 1.29. The van der Waals surface area contributed by atoms with E-state index in [-0.39, 0.29) is 17.5 Å². The second-order valence-corrected chi connectivity index (χ2v) is 3.15. The number of rotatable bonds is 2. The highest BCUT2D eigenvalue weighted by Gasteiger charge is 2.12. The molecule has 0 saturated heterocycles. The highest BCUT2D eigenvalue weighted by Crippen LogP contribution is 2.35. The number of aryl methyl sites for hydroxylation is 1. The fourth-order valence-corrected chi connectivity index (χ4v) is 1.29. The zero-order chi connectivity index (χ0) is 10.0. The van der Waals surface area contributed by atoms with Crippen molar-refractivity contribution < 1.29 is 10.2 Å². The lowest BCUT2D eigenvalue weighted by atomic mass is 10.0. The molecule has 1 aromatic rings. The standard InChI is InChI=1S/C10H15NO2/c1-3-7-4-5-8(6(2)11)10(13)9(7)12/h4-6,12-13H,3,11H2,1-2H3. The van der Waals surface area contributed by atoms with Crippen LogP contribution in [0.5, 0.6) is 11.5 Å². The molecule has 1 atom stereocenters. The van der Waals surface area contributed by atoms with E-state index in [1.807, 2.05) is 6.92 Å². The molecule has 0 aromatic heterocycles. The van der Waals surface area contributed by atoms with E-state index >= 15 is 0 Å². The maximum Gasteiger partial charge on any atom is 0.162 e. The van der Waals surface area contributed by atoms with Crippen LogP contribution in [0, 0.1) is 0 Å². The van der Waals surface area contributed by atoms with Crippen LogP contribution >= 0.6 is 0 Å². The van der Waals surface area contributed by atoms with Gasteiger partial charge in [-0.25, -0.2) is 0 Å². The molecule has 0 aliphatic carbocycles. The number of phenols is 2. The molecular formula is C10H15NO2. The van der Waals surface area contributed by atoms with Gasteiger partial charge in [-0.3, -0.25) is 0 Å². The molecule has 0 fully saturated rings. The van der Waals surface area contributed by atoms with Crippen LogP contribution in [0.2, 0.25) is 0 Å². The lowest BCUT2D eigenvalue weighted by Gasteiger charge is -2.11. The molecule has 0 saturated carbocycles. The molecule has 1 rings (SSSR count). The van der Waals surface area contributed by atoms with Gasteiger partial charge in [0.15, 0.2) is 11.5 Å². The van der Waals surface area contributed by atoms with Gasteiger partial charge in [-0.2, -0.15) is 0 Å². The van der Waals surface area contributed by atoms with Gasteiger partial charge < -0.3 is 15.9 Å². The SMILES string of the molecule is CCc1ccc(C(C)N)c(O)c1O. The van der Waals surface area contributed by atoms with Gasteiger partial charge in [0.1, 0.15) is 0 Å². The molecule has 0 aliphatic heterocycles. The average molecular weight is 181 g/mol. The summed E-state index contributed by atoms with van der Waals surface area (Å²) in [6.45, 7) is 3.68. The Morgan fingerprint density at radius 3 is 2.38 bits per heavy atom. The van der Waals surface area contributed by atoms with Crippen LogP contribution in [-0.2, 0) is 6.42 Å². The average Bonchev–Trinajstić information content (AvgIpc) is 2.09. The van der Waals surface area contributed by atoms with Crippen molar-refractivity contribution in [3.63, 3.8) is 0 Å². The van der Waals surface area contributed by atoms with Crippen molar-refractivity contribution >= 4 is 0 Å². The van der Waals surface area contributed by atoms with Gasteiger partial charge in [0.05, 0.1) is 0 Å². The lowest BCUT2D eigenvalue weighted by Crippen LogP contribution is -2.05. The summed E-state index contributed by atoms with van der Waals surface area (Å²) < 4.78 is 0. The Kier molecular flexibility index (Phi) is 2.78. The van der Waals surface area contributed by atoms with E-state index in [0.29, 0.717) is 12.0 Å². The van der Waals surface area contributed by atoms with Crippen molar-refractivity contribution in [3.8, 4) is 11.5 Å². The molecule has 72 valence electrons. The Balaban J connectivity index is 3.23. The van der Waals surface area contributed by atoms with E-state index in [4.69, 9.17) is 5.73 Å². The molecule has 0 spiro atoms. The lowest BCUT2D eigenvalue weighted by molar-refractivity contribution is 0.393. The van der Waals surface area contributed by atoms with Gasteiger partial charge in [-0.1, -0.05) is 19.1 Å². The second kappa shape index (κ2) is 3.66. The Bertz CT molecular complexity index is 308. The van der Waals surface area contributed by atoms with Crippen molar-refractivity contribution in [2.24, 2.45) is 5.73 Å². The van der Waals surface area contributed by atoms with Crippen LogP contribution < -0.4 is 5.73 Å². The normalized spacial score (nSPS) is 12.8. The van der Waals surface area contributed by atoms with Crippen LogP contribution in [0.15, 0.2) is 12.1 Å². The van der Waals surface area contributed by atoms with E-state index < -0.39 is 0 Å². The van der Waals surface area contributed by atoms with Crippen molar-refractivity contribution in [2.45, 2.75) is 26.3 Å². The smallest absolute Gasteiger partial charge is 0.162 e. The largest absolute Gasteiger partial charge is 0.504 e. The summed E-state index contributed by atoms with van der Waals surface area (Å²) in [5, 5.41) is 19.1. The molecule has 3 heteroatoms. The number of nitrogens with two attached hydrogens (primary N) is 1. The fraction of sp³-hybridized carbons (Fsp3) is 0.400. The van der Waals surface area contributed by atoms with E-state index in [2.05, 4.69) is 0 Å². The first kappa shape index (κ1) is 9.86. The molecule has 13 heavy (non-hydrogen) atoms. The molecule has 1 aromatic carbocycles. The summed E-state index contributed by atoms with van der Waals surface area (Å²) in [6.07, 6.45) is 0.693. The Morgan fingerprint density at radius 2 is 1.92 bits per heavy atom. The summed E-state index contributed by atoms with van der Waals surface area (Å²) in [7, 11) is 0. The van der Waals surface area contributed by atoms with Crippen molar-refractivity contribution in [1.82, 2.24) is 0 Å². The first-order chi connectivity index (χ1) is 6.07. The van der Waals surface area contributed by atoms with Gasteiger partial charge in [0, 0.05) is 11.6 Å². The van der Waals surface area contributed by atoms with Crippen molar-refractivity contribution in [2.75, 3.05) is 0 Å². The monoisotopic (exact) mass is 181 g/mol. The number of phenolic OH excluding ortho intramolecular Hbond substituents is 2. The minimum Gasteiger partial charge on any atom is -0.504 e. The summed E-state index contributed by atoms with van der Waals surface area (Å²) in [6, 6.07) is 3.27. The third-order valence-corrected chi connectivity index (χ3v) is 2.14. The summed E-state index contributed by atoms with van der Waals surface area (Å²) in [5.41, 5.74) is 6.92. The van der Waals surface area contributed by atoms with Gasteiger partial charge >= 0.3 is 0 Å². The van der Waals surface area contributed by atoms with Crippen LogP contribution in [0.1, 0.15) is 31.0 Å². The first-order valence-corrected chi connectivity index (χ1v) is 4.37. The minimum absolute atomic E-state index is 0.0442. The third kappa shape index (κ3) is 1.75. The molecule has 0 bridgehead atoms. The van der Waals surface area contributed by atoms with E-state index in [9.17, 15) is 10.2 Å². The highest BCUT2D eigenvalue weighted by molar-refractivity contribution is 5.50. The van der Waals surface area contributed by atoms with Crippen LogP contribution in [0.4, 0.5) is 0 Å². The maximum absolute atomic E-state index is 9.55. The minimum atomic E-state index is -0.267. The Morgan fingerprint density at radius 1 is 1.31 bits per heavy atom. The molecule has 0 heterocycles. The van der Waals surface area contributed by atoms with Crippen molar-refractivity contribution in [1.29, 1.82) is 0 Å². The zero-order valence-electron chi connectivity index (χ0n) is 7.91. The van der Waals surface area contributed by atoms with E-state index in [1.54, 1.807) is 19.1 Å². The molecule has 4 N–H and O–H groups in total. The number of benzene rings is 1. The summed E-state index contributed by atoms with van der Waals surface area (Å²) in [5.74, 6) is -0.133. The van der Waals surface area contributed by atoms with Gasteiger partial charge in [-0.15, -0.1) is 0 Å². The Hall–Kier alpha value is -1.22. The Labute approximate surface area is 77.8 Å². The number of aromatic hydroxyl groups is 2. The number of hydrogen-bond acceptors (Lipinski definition) is 3. The van der Waals surface area contributed by atoms with Gasteiger partial charge in [-0.05, 0) is 18.9 Å². The molecule has 1 unspecified atom stereocenters. The molecular weight excluding hydrogens is 166 g/mol. The van der Waals surface area contributed by atoms with Crippen molar-refractivity contribution in [3.05, 3.63) is 23.3 Å². The topological polar surface area (TPSA) is 66.5 Å². The maximum atomic E-state index is 9.55. The predicted octanol–water partition coefficient (Wildman–Crippen LogP) is 1.68. The first-order valence-electron chi connectivity index (χ1n) is 4.37. The molecule has 0 amide bonds. The molecule has 3 nitrogen and oxygen atoms in total. The van der Waals surface area contributed by atoms with Crippen LogP contribution in [-0.4, -0.2) is 10.2 Å². The molecule has 0 radical (unpaired) electrons. The van der Waals surface area contributed by atoms with Crippen LogP contribution in [0.25, 0.3) is 0 Å². The summed E-state index contributed by atoms with van der Waals surface area (Å²) >= 11 is 0. The van der Waals surface area contributed by atoms with Gasteiger partial charge in [0.25, 0.3) is 0 Å². The van der Waals surface area contributed by atoms with E-state index in [1.165, 1.54) is 0 Å². The third-order valence-electron chi connectivity index (χ3n) is 2.14. The molecule has 0 aliphatic rings.